The monoisotopic (exact) mass is 270 g/mol. The molecule has 106 valence electrons. The van der Waals surface area contributed by atoms with Crippen molar-refractivity contribution in [1.82, 2.24) is 19.4 Å². The Morgan fingerprint density at radius 2 is 2.25 bits per heavy atom. The van der Waals surface area contributed by atoms with Crippen molar-refractivity contribution in [1.29, 1.82) is 0 Å². The highest BCUT2D eigenvalue weighted by atomic mass is 15.2. The molecule has 2 aromatic heterocycles. The van der Waals surface area contributed by atoms with Gasteiger partial charge in [0.25, 0.3) is 0 Å². The Kier molecular flexibility index (Phi) is 3.83. The predicted octanol–water partition coefficient (Wildman–Crippen LogP) is 2.50. The summed E-state index contributed by atoms with van der Waals surface area (Å²) in [6, 6.07) is 6.36. The number of hydrogen-bond donors (Lipinski definition) is 0. The summed E-state index contributed by atoms with van der Waals surface area (Å²) in [5.74, 6) is 1.70. The molecule has 1 aliphatic heterocycles. The maximum Gasteiger partial charge on any atom is 0.122 e. The van der Waals surface area contributed by atoms with Crippen LogP contribution in [0.4, 0.5) is 0 Å². The number of aromatic nitrogens is 3. The van der Waals surface area contributed by atoms with Crippen molar-refractivity contribution < 1.29 is 0 Å². The number of piperidine rings is 1. The number of aryl methyl sites for hydroxylation is 2. The van der Waals surface area contributed by atoms with Crippen LogP contribution in [-0.2, 0) is 13.6 Å². The van der Waals surface area contributed by atoms with Gasteiger partial charge in [-0.2, -0.15) is 0 Å². The van der Waals surface area contributed by atoms with Gasteiger partial charge in [-0.25, -0.2) is 4.98 Å². The minimum atomic E-state index is 0.559. The zero-order valence-corrected chi connectivity index (χ0v) is 12.3. The van der Waals surface area contributed by atoms with E-state index in [-0.39, 0.29) is 0 Å². The van der Waals surface area contributed by atoms with E-state index < -0.39 is 0 Å². The summed E-state index contributed by atoms with van der Waals surface area (Å²) >= 11 is 0. The molecule has 3 rings (SSSR count). The molecule has 1 saturated heterocycles. The van der Waals surface area contributed by atoms with E-state index >= 15 is 0 Å². The second-order valence-corrected chi connectivity index (χ2v) is 5.73. The summed E-state index contributed by atoms with van der Waals surface area (Å²) in [5, 5.41) is 0. The van der Waals surface area contributed by atoms with Crippen molar-refractivity contribution >= 4 is 0 Å². The molecule has 0 aliphatic carbocycles. The third-order valence-electron chi connectivity index (χ3n) is 4.12. The van der Waals surface area contributed by atoms with Gasteiger partial charge in [-0.1, -0.05) is 6.07 Å². The Morgan fingerprint density at radius 3 is 3.00 bits per heavy atom. The van der Waals surface area contributed by atoms with E-state index in [0.717, 1.165) is 31.2 Å². The summed E-state index contributed by atoms with van der Waals surface area (Å²) in [4.78, 5) is 11.6. The zero-order valence-electron chi connectivity index (χ0n) is 12.3. The van der Waals surface area contributed by atoms with Crippen molar-refractivity contribution in [2.24, 2.45) is 7.05 Å². The van der Waals surface area contributed by atoms with Crippen molar-refractivity contribution in [2.75, 3.05) is 13.1 Å². The van der Waals surface area contributed by atoms with Crippen LogP contribution in [0.5, 0.6) is 0 Å². The van der Waals surface area contributed by atoms with Crippen LogP contribution >= 0.6 is 0 Å². The number of pyridine rings is 1. The molecule has 2 aromatic rings. The Hall–Kier alpha value is -1.68. The van der Waals surface area contributed by atoms with E-state index in [1.807, 2.05) is 12.4 Å². The number of hydrogen-bond acceptors (Lipinski definition) is 3. The highest BCUT2D eigenvalue weighted by molar-refractivity contribution is 5.15. The number of imidazole rings is 1. The maximum absolute atomic E-state index is 4.70. The standard InChI is InChI=1S/C16H22N4/c1-13-5-3-7-15(18-13)14-6-4-9-20(11-14)12-16-17-8-10-19(16)2/h3,5,7-8,10,14H,4,6,9,11-12H2,1-2H3/t14-/m1/s1. The molecule has 1 aliphatic rings. The highest BCUT2D eigenvalue weighted by Crippen LogP contribution is 2.26. The summed E-state index contributed by atoms with van der Waals surface area (Å²) < 4.78 is 2.11. The average molecular weight is 270 g/mol. The first-order valence-corrected chi connectivity index (χ1v) is 7.34. The van der Waals surface area contributed by atoms with Gasteiger partial charge in [-0.3, -0.25) is 9.88 Å². The molecule has 20 heavy (non-hydrogen) atoms. The first-order valence-electron chi connectivity index (χ1n) is 7.34. The maximum atomic E-state index is 4.70. The fourth-order valence-electron chi connectivity index (χ4n) is 2.98. The molecular weight excluding hydrogens is 248 g/mol. The minimum Gasteiger partial charge on any atom is -0.337 e. The Labute approximate surface area is 120 Å². The number of likely N-dealkylation sites (tertiary alicyclic amines) is 1. The number of nitrogens with zero attached hydrogens (tertiary/aromatic N) is 4. The van der Waals surface area contributed by atoms with Crippen LogP contribution in [0.1, 0.15) is 36.0 Å². The molecule has 1 atom stereocenters. The lowest BCUT2D eigenvalue weighted by Gasteiger charge is -2.32. The quantitative estimate of drug-likeness (QED) is 0.859. The van der Waals surface area contributed by atoms with Crippen LogP contribution in [0.2, 0.25) is 0 Å². The summed E-state index contributed by atoms with van der Waals surface area (Å²) in [6.07, 6.45) is 6.37. The number of rotatable bonds is 3. The van der Waals surface area contributed by atoms with E-state index in [9.17, 15) is 0 Å². The lowest BCUT2D eigenvalue weighted by Crippen LogP contribution is -2.35. The van der Waals surface area contributed by atoms with Crippen molar-refractivity contribution in [3.8, 4) is 0 Å². The first-order chi connectivity index (χ1) is 9.72. The molecule has 0 bridgehead atoms. The van der Waals surface area contributed by atoms with Crippen LogP contribution in [0.3, 0.4) is 0 Å². The van der Waals surface area contributed by atoms with Gasteiger partial charge in [0, 0.05) is 43.3 Å². The van der Waals surface area contributed by atoms with E-state index in [1.54, 1.807) is 0 Å². The molecule has 0 aromatic carbocycles. The third-order valence-corrected chi connectivity index (χ3v) is 4.12. The second-order valence-electron chi connectivity index (χ2n) is 5.73. The average Bonchev–Trinajstić information content (AvgIpc) is 2.85. The van der Waals surface area contributed by atoms with Gasteiger partial charge >= 0.3 is 0 Å². The third kappa shape index (κ3) is 2.90. The molecule has 0 amide bonds. The van der Waals surface area contributed by atoms with Crippen LogP contribution in [0, 0.1) is 6.92 Å². The smallest absolute Gasteiger partial charge is 0.122 e. The molecule has 0 N–H and O–H groups in total. The SMILES string of the molecule is Cc1cccc([C@@H]2CCCN(Cc3nccn3C)C2)n1. The molecule has 4 heteroatoms. The van der Waals surface area contributed by atoms with Crippen molar-refractivity contribution in [2.45, 2.75) is 32.2 Å². The van der Waals surface area contributed by atoms with Crippen LogP contribution in [0.25, 0.3) is 0 Å². The Morgan fingerprint density at radius 1 is 1.35 bits per heavy atom. The lowest BCUT2D eigenvalue weighted by atomic mass is 9.94. The van der Waals surface area contributed by atoms with E-state index in [1.165, 1.54) is 18.5 Å². The molecule has 0 spiro atoms. The predicted molar refractivity (Wildman–Crippen MR) is 79.4 cm³/mol. The first kappa shape index (κ1) is 13.3. The van der Waals surface area contributed by atoms with Gasteiger partial charge in [0.05, 0.1) is 6.54 Å². The molecule has 1 fully saturated rings. The summed E-state index contributed by atoms with van der Waals surface area (Å²) in [6.45, 7) is 5.25. The van der Waals surface area contributed by atoms with Gasteiger partial charge in [0.1, 0.15) is 5.82 Å². The van der Waals surface area contributed by atoms with Crippen molar-refractivity contribution in [3.05, 3.63) is 47.8 Å². The zero-order chi connectivity index (χ0) is 13.9. The van der Waals surface area contributed by atoms with Gasteiger partial charge in [0.15, 0.2) is 0 Å². The molecule has 0 unspecified atom stereocenters. The van der Waals surface area contributed by atoms with Crippen LogP contribution in [-0.4, -0.2) is 32.5 Å². The van der Waals surface area contributed by atoms with Gasteiger partial charge in [-0.15, -0.1) is 0 Å². The lowest BCUT2D eigenvalue weighted by molar-refractivity contribution is 0.192. The van der Waals surface area contributed by atoms with E-state index in [2.05, 4.69) is 46.6 Å². The normalized spacial score (nSPS) is 20.2. The fourth-order valence-corrected chi connectivity index (χ4v) is 2.98. The van der Waals surface area contributed by atoms with Gasteiger partial charge < -0.3 is 4.57 Å². The molecular formula is C16H22N4. The Balaban J connectivity index is 1.69. The second kappa shape index (κ2) is 5.75. The largest absolute Gasteiger partial charge is 0.337 e. The fraction of sp³-hybridized carbons (Fsp3) is 0.500. The minimum absolute atomic E-state index is 0.559. The topological polar surface area (TPSA) is 34.0 Å². The van der Waals surface area contributed by atoms with Crippen LogP contribution in [0.15, 0.2) is 30.6 Å². The summed E-state index contributed by atoms with van der Waals surface area (Å²) in [7, 11) is 2.06. The molecule has 0 radical (unpaired) electrons. The van der Waals surface area contributed by atoms with E-state index in [0.29, 0.717) is 5.92 Å². The van der Waals surface area contributed by atoms with Gasteiger partial charge in [-0.05, 0) is 38.4 Å². The Bertz CT molecular complexity index is 575. The van der Waals surface area contributed by atoms with Crippen molar-refractivity contribution in [3.63, 3.8) is 0 Å². The molecule has 0 saturated carbocycles. The summed E-state index contributed by atoms with van der Waals surface area (Å²) in [5.41, 5.74) is 2.36. The van der Waals surface area contributed by atoms with Gasteiger partial charge in [0.2, 0.25) is 0 Å². The highest BCUT2D eigenvalue weighted by Gasteiger charge is 2.23. The molecule has 4 nitrogen and oxygen atoms in total. The van der Waals surface area contributed by atoms with E-state index in [4.69, 9.17) is 4.98 Å². The molecule has 3 heterocycles. The van der Waals surface area contributed by atoms with Crippen LogP contribution < -0.4 is 0 Å².